The third kappa shape index (κ3) is 2.56. The Hall–Kier alpha value is -2.67. The maximum atomic E-state index is 10.9. The van der Waals surface area contributed by atoms with E-state index in [1.165, 1.54) is 17.7 Å². The van der Waals surface area contributed by atoms with E-state index < -0.39 is 0 Å². The molecule has 0 saturated carbocycles. The van der Waals surface area contributed by atoms with Crippen LogP contribution in [0, 0.1) is 10.1 Å². The molecular formula is C17H16N4O2S. The zero-order valence-corrected chi connectivity index (χ0v) is 13.8. The Balaban J connectivity index is 1.84. The van der Waals surface area contributed by atoms with E-state index in [0.717, 1.165) is 47.9 Å². The molecule has 0 saturated heterocycles. The van der Waals surface area contributed by atoms with E-state index in [1.54, 1.807) is 23.5 Å². The number of fused-ring (bicyclic) bond motifs is 1. The minimum atomic E-state index is -0.386. The molecule has 122 valence electrons. The summed E-state index contributed by atoms with van der Waals surface area (Å²) in [6.07, 6.45) is 3.24. The molecule has 24 heavy (non-hydrogen) atoms. The summed E-state index contributed by atoms with van der Waals surface area (Å²) in [5, 5.41) is 21.2. The molecule has 0 fully saturated rings. The number of anilines is 1. The summed E-state index contributed by atoms with van der Waals surface area (Å²) < 4.78 is 1.87. The molecule has 7 heteroatoms. The highest BCUT2D eigenvalue weighted by molar-refractivity contribution is 7.13. The van der Waals surface area contributed by atoms with Gasteiger partial charge in [0, 0.05) is 24.2 Å². The lowest BCUT2D eigenvalue weighted by molar-refractivity contribution is -0.384. The number of thiophene rings is 1. The number of nitro benzene ring substituents is 1. The molecule has 0 unspecified atom stereocenters. The van der Waals surface area contributed by atoms with Crippen molar-refractivity contribution >= 4 is 22.8 Å². The average Bonchev–Trinajstić information content (AvgIpc) is 3.17. The van der Waals surface area contributed by atoms with Crippen molar-refractivity contribution in [1.29, 1.82) is 0 Å². The molecule has 1 aliphatic heterocycles. The highest BCUT2D eigenvalue weighted by Gasteiger charge is 2.22. The fourth-order valence-electron chi connectivity index (χ4n) is 3.02. The van der Waals surface area contributed by atoms with Crippen LogP contribution in [0.25, 0.3) is 16.3 Å². The van der Waals surface area contributed by atoms with Crippen LogP contribution in [0.15, 0.2) is 41.8 Å². The van der Waals surface area contributed by atoms with Gasteiger partial charge in [0.05, 0.1) is 15.5 Å². The Morgan fingerprint density at radius 3 is 2.75 bits per heavy atom. The third-order valence-corrected chi connectivity index (χ3v) is 5.07. The van der Waals surface area contributed by atoms with E-state index >= 15 is 0 Å². The van der Waals surface area contributed by atoms with Crippen LogP contribution in [0.3, 0.4) is 0 Å². The molecule has 6 nitrogen and oxygen atoms in total. The van der Waals surface area contributed by atoms with Gasteiger partial charge in [-0.2, -0.15) is 5.10 Å². The van der Waals surface area contributed by atoms with Gasteiger partial charge in [0.15, 0.2) is 0 Å². The molecule has 1 aliphatic rings. The molecule has 0 atom stereocenters. The van der Waals surface area contributed by atoms with Gasteiger partial charge in [-0.15, -0.1) is 11.3 Å². The van der Waals surface area contributed by atoms with Crippen molar-refractivity contribution < 1.29 is 4.92 Å². The van der Waals surface area contributed by atoms with Crippen molar-refractivity contribution in [2.45, 2.75) is 19.3 Å². The number of nitrogens with zero attached hydrogens (tertiary/aromatic N) is 3. The summed E-state index contributed by atoms with van der Waals surface area (Å²) >= 11 is 1.68. The van der Waals surface area contributed by atoms with Crippen LogP contribution in [0.4, 0.5) is 11.5 Å². The summed E-state index contributed by atoms with van der Waals surface area (Å²) in [6.45, 7) is 0.912. The number of benzene rings is 1. The third-order valence-electron chi connectivity index (χ3n) is 4.19. The van der Waals surface area contributed by atoms with Crippen LogP contribution in [0.5, 0.6) is 0 Å². The highest BCUT2D eigenvalue weighted by Crippen LogP contribution is 2.35. The van der Waals surface area contributed by atoms with Gasteiger partial charge in [-0.1, -0.05) is 6.07 Å². The highest BCUT2D eigenvalue weighted by atomic mass is 32.1. The van der Waals surface area contributed by atoms with Crippen LogP contribution < -0.4 is 5.32 Å². The first-order valence-electron chi connectivity index (χ1n) is 7.88. The van der Waals surface area contributed by atoms with E-state index in [2.05, 4.69) is 16.8 Å². The molecule has 2 aromatic heterocycles. The quantitative estimate of drug-likeness (QED) is 0.571. The minimum absolute atomic E-state index is 0.0865. The molecule has 0 aliphatic carbocycles. The summed E-state index contributed by atoms with van der Waals surface area (Å²) in [7, 11) is 0. The molecule has 0 amide bonds. The summed E-state index contributed by atoms with van der Waals surface area (Å²) in [5.41, 5.74) is 3.15. The summed E-state index contributed by atoms with van der Waals surface area (Å²) in [4.78, 5) is 11.6. The number of nitro groups is 1. The first kappa shape index (κ1) is 14.9. The molecule has 1 N–H and O–H groups in total. The standard InChI is InChI=1S/C17H16N4O2S/c22-21(23)13-8-6-12(7-9-13)20-17-14(4-1-2-10-18-17)16(19-20)15-5-3-11-24-15/h3,5-9,11,18H,1-2,4,10H2. The van der Waals surface area contributed by atoms with Gasteiger partial charge in [0.1, 0.15) is 11.5 Å². The Kier molecular flexibility index (Phi) is 3.78. The molecule has 0 bridgehead atoms. The molecule has 1 aromatic carbocycles. The molecule has 0 spiro atoms. The second-order valence-corrected chi connectivity index (χ2v) is 6.67. The fraction of sp³-hybridized carbons (Fsp3) is 0.235. The minimum Gasteiger partial charge on any atom is -0.370 e. The summed E-state index contributed by atoms with van der Waals surface area (Å²) in [6, 6.07) is 10.6. The fourth-order valence-corrected chi connectivity index (χ4v) is 3.75. The average molecular weight is 340 g/mol. The Bertz CT molecular complexity index is 869. The zero-order chi connectivity index (χ0) is 16.5. The van der Waals surface area contributed by atoms with Crippen LogP contribution in [0.2, 0.25) is 0 Å². The second-order valence-electron chi connectivity index (χ2n) is 5.72. The molecule has 3 heterocycles. The number of non-ortho nitro benzene ring substituents is 1. The van der Waals surface area contributed by atoms with E-state index in [4.69, 9.17) is 5.10 Å². The Labute approximate surface area is 142 Å². The van der Waals surface area contributed by atoms with Gasteiger partial charge >= 0.3 is 0 Å². The first-order chi connectivity index (χ1) is 11.7. The van der Waals surface area contributed by atoms with Crippen molar-refractivity contribution in [2.75, 3.05) is 11.9 Å². The van der Waals surface area contributed by atoms with Gasteiger partial charge in [0.2, 0.25) is 0 Å². The summed E-state index contributed by atoms with van der Waals surface area (Å²) in [5.74, 6) is 1.00. The van der Waals surface area contributed by atoms with Crippen molar-refractivity contribution in [2.24, 2.45) is 0 Å². The van der Waals surface area contributed by atoms with Crippen molar-refractivity contribution in [3.05, 3.63) is 57.5 Å². The van der Waals surface area contributed by atoms with E-state index in [9.17, 15) is 10.1 Å². The molecular weight excluding hydrogens is 324 g/mol. The lowest BCUT2D eigenvalue weighted by Gasteiger charge is -2.09. The van der Waals surface area contributed by atoms with Crippen LogP contribution >= 0.6 is 11.3 Å². The van der Waals surface area contributed by atoms with Gasteiger partial charge < -0.3 is 5.32 Å². The normalized spacial score (nSPS) is 13.8. The van der Waals surface area contributed by atoms with Gasteiger partial charge in [-0.25, -0.2) is 4.68 Å². The topological polar surface area (TPSA) is 73.0 Å². The monoisotopic (exact) mass is 340 g/mol. The SMILES string of the molecule is O=[N+]([O-])c1ccc(-n2nc(-c3cccs3)c3c2NCCCC3)cc1. The maximum Gasteiger partial charge on any atom is 0.269 e. The maximum absolute atomic E-state index is 10.9. The van der Waals surface area contributed by atoms with Gasteiger partial charge in [0.25, 0.3) is 5.69 Å². The van der Waals surface area contributed by atoms with Crippen LogP contribution in [-0.2, 0) is 6.42 Å². The number of hydrogen-bond donors (Lipinski definition) is 1. The van der Waals surface area contributed by atoms with Crippen LogP contribution in [0.1, 0.15) is 18.4 Å². The predicted octanol–water partition coefficient (Wildman–Crippen LogP) is 4.26. The molecule has 3 aromatic rings. The van der Waals surface area contributed by atoms with Crippen LogP contribution in [-0.4, -0.2) is 21.2 Å². The lowest BCUT2D eigenvalue weighted by Crippen LogP contribution is -2.07. The second kappa shape index (κ2) is 6.09. The zero-order valence-electron chi connectivity index (χ0n) is 12.9. The number of aromatic nitrogens is 2. The van der Waals surface area contributed by atoms with Crippen molar-refractivity contribution in [1.82, 2.24) is 9.78 Å². The number of nitrogens with one attached hydrogen (secondary N) is 1. The van der Waals surface area contributed by atoms with Gasteiger partial charge in [-0.3, -0.25) is 10.1 Å². The number of rotatable bonds is 3. The Morgan fingerprint density at radius 1 is 1.21 bits per heavy atom. The van der Waals surface area contributed by atoms with Gasteiger partial charge in [-0.05, 0) is 42.8 Å². The van der Waals surface area contributed by atoms with Crippen molar-refractivity contribution in [3.8, 4) is 16.3 Å². The predicted molar refractivity (Wildman–Crippen MR) is 95.0 cm³/mol. The Morgan fingerprint density at radius 2 is 2.04 bits per heavy atom. The van der Waals surface area contributed by atoms with E-state index in [-0.39, 0.29) is 10.6 Å². The van der Waals surface area contributed by atoms with Crippen molar-refractivity contribution in [3.63, 3.8) is 0 Å². The number of hydrogen-bond acceptors (Lipinski definition) is 5. The molecule has 4 rings (SSSR count). The largest absolute Gasteiger partial charge is 0.370 e. The smallest absolute Gasteiger partial charge is 0.269 e. The first-order valence-corrected chi connectivity index (χ1v) is 8.76. The van der Waals surface area contributed by atoms with E-state index in [0.29, 0.717) is 0 Å². The van der Waals surface area contributed by atoms with E-state index in [1.807, 2.05) is 10.7 Å². The lowest BCUT2D eigenvalue weighted by atomic mass is 10.1. The molecule has 0 radical (unpaired) electrons.